The van der Waals surface area contributed by atoms with Crippen molar-refractivity contribution in [1.29, 1.82) is 0 Å². The minimum atomic E-state index is -1.10. The number of carbonyl (C=O) groups is 3. The van der Waals surface area contributed by atoms with Gasteiger partial charge in [0, 0.05) is 23.3 Å². The van der Waals surface area contributed by atoms with Crippen LogP contribution in [0.25, 0.3) is 17.0 Å². The number of carboxylic acids is 1. The van der Waals surface area contributed by atoms with Gasteiger partial charge in [0.15, 0.2) is 0 Å². The molecule has 0 radical (unpaired) electrons. The summed E-state index contributed by atoms with van der Waals surface area (Å²) in [7, 11) is 0. The van der Waals surface area contributed by atoms with Crippen molar-refractivity contribution in [1.82, 2.24) is 25.5 Å². The summed E-state index contributed by atoms with van der Waals surface area (Å²) in [5, 5.41) is 14.3. The molecule has 236 valence electrons. The number of benzene rings is 1. The van der Waals surface area contributed by atoms with Crippen molar-refractivity contribution in [2.75, 3.05) is 18.9 Å². The molecule has 4 N–H and O–H groups in total. The van der Waals surface area contributed by atoms with Crippen LogP contribution in [0.1, 0.15) is 71.7 Å². The number of nitrogens with one attached hydrogen (secondary N) is 3. The van der Waals surface area contributed by atoms with Crippen LogP contribution >= 0.6 is 0 Å². The van der Waals surface area contributed by atoms with Crippen LogP contribution in [0.3, 0.4) is 0 Å². The molecule has 1 aliphatic rings. The summed E-state index contributed by atoms with van der Waals surface area (Å²) in [6, 6.07) is 8.18. The number of ether oxygens (including phenoxy) is 1. The molecular weight excluding hydrogens is 570 g/mol. The first-order valence-corrected chi connectivity index (χ1v) is 16.2. The predicted molar refractivity (Wildman–Crippen MR) is 168 cm³/mol. The Morgan fingerprint density at radius 2 is 1.93 bits per heavy atom. The number of rotatable bonds is 14. The molecule has 0 spiro atoms. The van der Waals surface area contributed by atoms with Crippen LogP contribution in [-0.4, -0.2) is 74.5 Å². The van der Waals surface area contributed by atoms with Crippen LogP contribution in [0.15, 0.2) is 36.4 Å². The fourth-order valence-electron chi connectivity index (χ4n) is 4.71. The van der Waals surface area contributed by atoms with Gasteiger partial charge in [0.2, 0.25) is 5.91 Å². The minimum absolute atomic E-state index is 0.00171. The summed E-state index contributed by atoms with van der Waals surface area (Å²) in [5.41, 5.74) is 5.37. The van der Waals surface area contributed by atoms with Gasteiger partial charge in [-0.1, -0.05) is 51.1 Å². The summed E-state index contributed by atoms with van der Waals surface area (Å²) in [6.45, 7) is 11.8. The van der Waals surface area contributed by atoms with Crippen LogP contribution in [-0.2, 0) is 30.5 Å². The highest BCUT2D eigenvalue weighted by atomic mass is 32.2. The Balaban J connectivity index is 1.56. The minimum Gasteiger partial charge on any atom is -0.598 e. The Morgan fingerprint density at radius 1 is 1.21 bits per heavy atom. The highest BCUT2D eigenvalue weighted by Crippen LogP contribution is 2.20. The molecule has 1 aliphatic heterocycles. The number of fused-ring (bicyclic) bond motifs is 1. The molecule has 0 bridgehead atoms. The van der Waals surface area contributed by atoms with Gasteiger partial charge >= 0.3 is 5.97 Å². The van der Waals surface area contributed by atoms with Crippen LogP contribution in [0.2, 0.25) is 0 Å². The molecule has 3 rings (SSSR count). The lowest BCUT2D eigenvalue weighted by atomic mass is 10.0. The van der Waals surface area contributed by atoms with Gasteiger partial charge in [-0.2, -0.15) is 0 Å². The van der Waals surface area contributed by atoms with Crippen molar-refractivity contribution in [3.05, 3.63) is 47.7 Å². The molecule has 1 aromatic carbocycles. The van der Waals surface area contributed by atoms with E-state index < -0.39 is 41.4 Å². The number of amides is 2. The monoisotopic (exact) mass is 615 g/mol. The number of nitrogens with zero attached hydrogens (tertiary/aromatic N) is 2. The van der Waals surface area contributed by atoms with Crippen molar-refractivity contribution in [3.8, 4) is 0 Å². The van der Waals surface area contributed by atoms with Crippen molar-refractivity contribution < 1.29 is 28.8 Å². The lowest BCUT2D eigenvalue weighted by Crippen LogP contribution is -2.60. The number of hydrogen-bond donors (Lipinski definition) is 4. The van der Waals surface area contributed by atoms with E-state index in [1.54, 1.807) is 6.92 Å². The number of hydrogen-bond acceptors (Lipinski definition) is 8. The second kappa shape index (κ2) is 16.2. The second-order valence-electron chi connectivity index (χ2n) is 11.4. The Kier molecular flexibility index (Phi) is 12.9. The first-order valence-electron chi connectivity index (χ1n) is 14.8. The van der Waals surface area contributed by atoms with Crippen LogP contribution in [0.5, 0.6) is 0 Å². The average molecular weight is 616 g/mol. The van der Waals surface area contributed by atoms with Gasteiger partial charge in [0.05, 0.1) is 23.9 Å². The zero-order valence-electron chi connectivity index (χ0n) is 25.8. The van der Waals surface area contributed by atoms with E-state index in [-0.39, 0.29) is 23.8 Å². The average Bonchev–Trinajstić information content (AvgIpc) is 2.98. The largest absolute Gasteiger partial charge is 0.598 e. The molecule has 0 aliphatic carbocycles. The van der Waals surface area contributed by atoms with Crippen molar-refractivity contribution in [2.24, 2.45) is 11.8 Å². The SMILES string of the molecule is CC[S+]([O-])N[C@H](C)c1ccc2ccc(/C=C/C(C)CO[C@H](C(=O)N[C@@H](C)C(=O)N3CCC[C@@H](C(=O)O)N3)C(C)C)cc2n1. The summed E-state index contributed by atoms with van der Waals surface area (Å²) >= 11 is -1.10. The first-order chi connectivity index (χ1) is 20.4. The van der Waals surface area contributed by atoms with E-state index in [1.807, 2.05) is 77.1 Å². The topological polar surface area (TPSA) is 156 Å². The van der Waals surface area contributed by atoms with Crippen molar-refractivity contribution in [3.63, 3.8) is 0 Å². The maximum Gasteiger partial charge on any atom is 0.322 e. The molecular formula is C31H45N5O6S. The first kappa shape index (κ1) is 34.5. The van der Waals surface area contributed by atoms with E-state index in [4.69, 9.17) is 9.72 Å². The third-order valence-electron chi connectivity index (χ3n) is 7.25. The third kappa shape index (κ3) is 10.0. The number of carbonyl (C=O) groups excluding carboxylic acids is 2. The number of carboxylic acid groups (broad SMARTS) is 1. The van der Waals surface area contributed by atoms with Gasteiger partial charge in [-0.05, 0) is 63.1 Å². The smallest absolute Gasteiger partial charge is 0.322 e. The molecule has 11 nitrogen and oxygen atoms in total. The summed E-state index contributed by atoms with van der Waals surface area (Å²) < 4.78 is 21.0. The van der Waals surface area contributed by atoms with Crippen LogP contribution < -0.4 is 15.5 Å². The van der Waals surface area contributed by atoms with Gasteiger partial charge in [-0.3, -0.25) is 24.4 Å². The molecule has 2 amide bonds. The summed E-state index contributed by atoms with van der Waals surface area (Å²) in [6.07, 6.45) is 4.26. The standard InChI is InChI=1S/C31H45N5O6S/c1-7-43(41)35-21(5)25-15-14-24-13-12-23(17-27(24)33-25)11-10-20(4)18-42-28(19(2)3)29(37)32-22(6)30(38)36-16-8-9-26(34-36)31(39)40/h10-15,17,19-22,26,28,34-35H,7-9,16,18H2,1-6H3,(H,32,37)(H,39,40)/b11-10+/t20?,21-,22+,26+,28+,43?/m1/s1. The quantitative estimate of drug-likeness (QED) is 0.234. The molecule has 0 saturated carbocycles. The molecule has 2 aromatic rings. The van der Waals surface area contributed by atoms with Gasteiger partial charge < -0.3 is 19.7 Å². The van der Waals surface area contributed by atoms with E-state index in [0.717, 1.165) is 22.2 Å². The van der Waals surface area contributed by atoms with Gasteiger partial charge in [0.1, 0.15) is 23.9 Å². The molecule has 1 fully saturated rings. The molecule has 2 heterocycles. The van der Waals surface area contributed by atoms with Crippen LogP contribution in [0.4, 0.5) is 0 Å². The van der Waals surface area contributed by atoms with Gasteiger partial charge in [0.25, 0.3) is 5.91 Å². The molecule has 43 heavy (non-hydrogen) atoms. The molecule has 1 saturated heterocycles. The summed E-state index contributed by atoms with van der Waals surface area (Å²) in [4.78, 5) is 42.0. The normalized spacial score (nSPS) is 19.3. The van der Waals surface area contributed by atoms with E-state index in [0.29, 0.717) is 31.7 Å². The number of aliphatic carboxylic acids is 1. The highest BCUT2D eigenvalue weighted by Gasteiger charge is 2.32. The predicted octanol–water partition coefficient (Wildman–Crippen LogP) is 3.34. The highest BCUT2D eigenvalue weighted by molar-refractivity contribution is 7.89. The number of pyridine rings is 1. The number of hydrazine groups is 1. The molecule has 2 unspecified atom stereocenters. The van der Waals surface area contributed by atoms with Crippen molar-refractivity contribution >= 4 is 46.1 Å². The lowest BCUT2D eigenvalue weighted by molar-refractivity contribution is -0.149. The van der Waals surface area contributed by atoms with Crippen molar-refractivity contribution in [2.45, 2.75) is 78.6 Å². The van der Waals surface area contributed by atoms with E-state index in [1.165, 1.54) is 5.01 Å². The maximum atomic E-state index is 13.1. The molecule has 6 atom stereocenters. The fourth-order valence-corrected chi connectivity index (χ4v) is 5.39. The lowest BCUT2D eigenvalue weighted by Gasteiger charge is -2.34. The zero-order valence-corrected chi connectivity index (χ0v) is 26.6. The third-order valence-corrected chi connectivity index (χ3v) is 8.39. The Morgan fingerprint density at radius 3 is 2.60 bits per heavy atom. The van der Waals surface area contributed by atoms with E-state index in [9.17, 15) is 24.0 Å². The number of aromatic nitrogens is 1. The Bertz CT molecular complexity index is 1290. The van der Waals surface area contributed by atoms with Gasteiger partial charge in [-0.15, -0.1) is 4.72 Å². The van der Waals surface area contributed by atoms with E-state index >= 15 is 0 Å². The Labute approximate surface area is 257 Å². The maximum absolute atomic E-state index is 13.1. The zero-order chi connectivity index (χ0) is 31.7. The second-order valence-corrected chi connectivity index (χ2v) is 12.9. The van der Waals surface area contributed by atoms with Gasteiger partial charge in [-0.25, -0.2) is 5.43 Å². The summed E-state index contributed by atoms with van der Waals surface area (Å²) in [5.74, 6) is -1.39. The Hall–Kier alpha value is -3.03. The van der Waals surface area contributed by atoms with E-state index in [2.05, 4.69) is 15.5 Å². The van der Waals surface area contributed by atoms with Crippen LogP contribution in [0, 0.1) is 11.8 Å². The molecule has 1 aromatic heterocycles. The molecule has 12 heteroatoms. The fraction of sp³-hybridized carbons (Fsp3) is 0.548.